The molecule has 0 spiro atoms. The number of nitrogens with zero attached hydrogens (tertiary/aromatic N) is 1. The molecule has 1 aliphatic heterocycles. The van der Waals surface area contributed by atoms with Crippen molar-refractivity contribution in [3.63, 3.8) is 0 Å². The number of hydrogen-bond donors (Lipinski definition) is 1. The summed E-state index contributed by atoms with van der Waals surface area (Å²) in [6.07, 6.45) is 9.23. The molecular weight excluding hydrogens is 274 g/mol. The number of rotatable bonds is 10. The Hall–Kier alpha value is -1.35. The van der Waals surface area contributed by atoms with E-state index in [1.54, 1.807) is 0 Å². The number of aliphatic carboxylic acids is 1. The molecule has 0 bridgehead atoms. The van der Waals surface area contributed by atoms with Crippen molar-refractivity contribution in [3.05, 3.63) is 35.4 Å². The summed E-state index contributed by atoms with van der Waals surface area (Å²) < 4.78 is 0. The molecule has 1 saturated heterocycles. The SMILES string of the molecule is CCCCCCCCc1ccc(CN2CC(C(=O)O)C2)cc1. The average Bonchev–Trinajstić information content (AvgIpc) is 2.47. The highest BCUT2D eigenvalue weighted by atomic mass is 16.4. The fourth-order valence-corrected chi connectivity index (χ4v) is 3.03. The molecule has 122 valence electrons. The first-order chi connectivity index (χ1) is 10.7. The van der Waals surface area contributed by atoms with Gasteiger partial charge in [0.25, 0.3) is 0 Å². The van der Waals surface area contributed by atoms with Crippen LogP contribution in [0, 0.1) is 5.92 Å². The zero-order valence-electron chi connectivity index (χ0n) is 13.8. The van der Waals surface area contributed by atoms with Crippen LogP contribution in [0.25, 0.3) is 0 Å². The zero-order chi connectivity index (χ0) is 15.8. The summed E-state index contributed by atoms with van der Waals surface area (Å²) in [6, 6.07) is 8.85. The molecule has 1 aliphatic rings. The van der Waals surface area contributed by atoms with Gasteiger partial charge < -0.3 is 5.11 Å². The lowest BCUT2D eigenvalue weighted by Crippen LogP contribution is -2.49. The van der Waals surface area contributed by atoms with Gasteiger partial charge in [0.15, 0.2) is 0 Å². The van der Waals surface area contributed by atoms with Gasteiger partial charge in [0.2, 0.25) is 0 Å². The van der Waals surface area contributed by atoms with Gasteiger partial charge in [-0.2, -0.15) is 0 Å². The summed E-state index contributed by atoms with van der Waals surface area (Å²) >= 11 is 0. The standard InChI is InChI=1S/C19H29NO2/c1-2-3-4-5-6-7-8-16-9-11-17(12-10-16)13-20-14-18(15-20)19(21)22/h9-12,18H,2-8,13-15H2,1H3,(H,21,22). The first-order valence-electron chi connectivity index (χ1n) is 8.72. The fourth-order valence-electron chi connectivity index (χ4n) is 3.03. The minimum atomic E-state index is -0.662. The van der Waals surface area contributed by atoms with E-state index in [1.807, 2.05) is 0 Å². The largest absolute Gasteiger partial charge is 0.481 e. The second-order valence-electron chi connectivity index (χ2n) is 6.56. The lowest BCUT2D eigenvalue weighted by atomic mass is 9.99. The number of aryl methyl sites for hydroxylation is 1. The molecule has 1 aromatic rings. The minimum absolute atomic E-state index is 0.160. The molecule has 1 heterocycles. The van der Waals surface area contributed by atoms with E-state index in [0.717, 1.165) is 6.54 Å². The molecule has 0 aliphatic carbocycles. The van der Waals surface area contributed by atoms with Crippen molar-refractivity contribution in [1.82, 2.24) is 4.90 Å². The molecular formula is C19H29NO2. The number of unbranched alkanes of at least 4 members (excludes halogenated alkanes) is 5. The van der Waals surface area contributed by atoms with Crippen molar-refractivity contribution < 1.29 is 9.90 Å². The minimum Gasteiger partial charge on any atom is -0.481 e. The van der Waals surface area contributed by atoms with E-state index in [-0.39, 0.29) is 5.92 Å². The van der Waals surface area contributed by atoms with Crippen LogP contribution < -0.4 is 0 Å². The highest BCUT2D eigenvalue weighted by Gasteiger charge is 2.31. The third-order valence-corrected chi connectivity index (χ3v) is 4.55. The molecule has 0 atom stereocenters. The van der Waals surface area contributed by atoms with Crippen LogP contribution in [0.15, 0.2) is 24.3 Å². The molecule has 0 unspecified atom stereocenters. The third kappa shape index (κ3) is 5.45. The van der Waals surface area contributed by atoms with E-state index in [1.165, 1.54) is 56.1 Å². The van der Waals surface area contributed by atoms with Crippen LogP contribution in [0.5, 0.6) is 0 Å². The van der Waals surface area contributed by atoms with E-state index < -0.39 is 5.97 Å². The number of carbonyl (C=O) groups is 1. The van der Waals surface area contributed by atoms with Gasteiger partial charge in [0.1, 0.15) is 0 Å². The van der Waals surface area contributed by atoms with E-state index >= 15 is 0 Å². The highest BCUT2D eigenvalue weighted by Crippen LogP contribution is 2.19. The van der Waals surface area contributed by atoms with Crippen molar-refractivity contribution in [2.24, 2.45) is 5.92 Å². The zero-order valence-corrected chi connectivity index (χ0v) is 13.8. The Balaban J connectivity index is 1.62. The van der Waals surface area contributed by atoms with E-state index in [4.69, 9.17) is 5.11 Å². The van der Waals surface area contributed by atoms with Gasteiger partial charge in [0.05, 0.1) is 5.92 Å². The van der Waals surface area contributed by atoms with Crippen LogP contribution in [-0.2, 0) is 17.8 Å². The summed E-state index contributed by atoms with van der Waals surface area (Å²) in [4.78, 5) is 13.0. The van der Waals surface area contributed by atoms with E-state index in [0.29, 0.717) is 13.1 Å². The van der Waals surface area contributed by atoms with Gasteiger partial charge >= 0.3 is 5.97 Å². The maximum absolute atomic E-state index is 10.8. The van der Waals surface area contributed by atoms with Gasteiger partial charge in [-0.3, -0.25) is 9.69 Å². The smallest absolute Gasteiger partial charge is 0.309 e. The van der Waals surface area contributed by atoms with Gasteiger partial charge in [-0.1, -0.05) is 63.3 Å². The number of likely N-dealkylation sites (tertiary alicyclic amines) is 1. The second kappa shape index (κ2) is 8.94. The van der Waals surface area contributed by atoms with E-state index in [2.05, 4.69) is 36.1 Å². The Labute approximate surface area is 134 Å². The molecule has 0 radical (unpaired) electrons. The van der Waals surface area contributed by atoms with E-state index in [9.17, 15) is 4.79 Å². The molecule has 22 heavy (non-hydrogen) atoms. The normalized spacial score (nSPS) is 15.7. The van der Waals surface area contributed by atoms with Crippen LogP contribution in [0.1, 0.15) is 56.6 Å². The lowest BCUT2D eigenvalue weighted by molar-refractivity contribution is -0.147. The average molecular weight is 303 g/mol. The summed E-state index contributed by atoms with van der Waals surface area (Å²) in [6.45, 7) is 4.51. The maximum atomic E-state index is 10.8. The van der Waals surface area contributed by atoms with Crippen LogP contribution in [-0.4, -0.2) is 29.1 Å². The predicted molar refractivity (Wildman–Crippen MR) is 89.9 cm³/mol. The molecule has 1 aromatic carbocycles. The Morgan fingerprint density at radius 2 is 1.64 bits per heavy atom. The van der Waals surface area contributed by atoms with Gasteiger partial charge in [-0.25, -0.2) is 0 Å². The number of carboxylic acid groups (broad SMARTS) is 1. The maximum Gasteiger partial charge on any atom is 0.309 e. The summed E-state index contributed by atoms with van der Waals surface area (Å²) in [5.41, 5.74) is 2.71. The highest BCUT2D eigenvalue weighted by molar-refractivity contribution is 5.71. The number of benzene rings is 1. The molecule has 0 saturated carbocycles. The first-order valence-corrected chi connectivity index (χ1v) is 8.72. The summed E-state index contributed by atoms with van der Waals surface area (Å²) in [7, 11) is 0. The van der Waals surface area contributed by atoms with Gasteiger partial charge in [-0.15, -0.1) is 0 Å². The summed E-state index contributed by atoms with van der Waals surface area (Å²) in [5.74, 6) is -0.822. The number of carboxylic acids is 1. The van der Waals surface area contributed by atoms with Crippen LogP contribution in [0.3, 0.4) is 0 Å². The van der Waals surface area contributed by atoms with Crippen molar-refractivity contribution in [2.75, 3.05) is 13.1 Å². The van der Waals surface area contributed by atoms with Crippen molar-refractivity contribution >= 4 is 5.97 Å². The number of hydrogen-bond acceptors (Lipinski definition) is 2. The van der Waals surface area contributed by atoms with Crippen molar-refractivity contribution in [3.8, 4) is 0 Å². The molecule has 3 nitrogen and oxygen atoms in total. The topological polar surface area (TPSA) is 40.5 Å². The molecule has 1 N–H and O–H groups in total. The van der Waals surface area contributed by atoms with Crippen molar-refractivity contribution in [1.29, 1.82) is 0 Å². The summed E-state index contributed by atoms with van der Waals surface area (Å²) in [5, 5.41) is 8.88. The molecule has 0 aromatic heterocycles. The van der Waals surface area contributed by atoms with Gasteiger partial charge in [-0.05, 0) is 24.0 Å². The molecule has 0 amide bonds. The molecule has 3 heteroatoms. The van der Waals surface area contributed by atoms with Crippen LogP contribution >= 0.6 is 0 Å². The predicted octanol–water partition coefficient (Wildman–Crippen LogP) is 4.11. The Morgan fingerprint density at radius 1 is 1.05 bits per heavy atom. The first kappa shape index (κ1) is 17.0. The third-order valence-electron chi connectivity index (χ3n) is 4.55. The Bertz CT molecular complexity index is 449. The lowest BCUT2D eigenvalue weighted by Gasteiger charge is -2.36. The van der Waals surface area contributed by atoms with Crippen molar-refractivity contribution in [2.45, 2.75) is 58.4 Å². The Morgan fingerprint density at radius 3 is 2.27 bits per heavy atom. The second-order valence-corrected chi connectivity index (χ2v) is 6.56. The molecule has 2 rings (SSSR count). The fraction of sp³-hybridized carbons (Fsp3) is 0.632. The monoisotopic (exact) mass is 303 g/mol. The van der Waals surface area contributed by atoms with Gasteiger partial charge in [0, 0.05) is 19.6 Å². The quantitative estimate of drug-likeness (QED) is 0.661. The molecule has 1 fully saturated rings. The van der Waals surface area contributed by atoms with Crippen LogP contribution in [0.4, 0.5) is 0 Å². The Kier molecular flexibility index (Phi) is 6.91. The van der Waals surface area contributed by atoms with Crippen LogP contribution in [0.2, 0.25) is 0 Å².